The molecule has 0 aliphatic heterocycles. The highest BCUT2D eigenvalue weighted by molar-refractivity contribution is 5.97. The van der Waals surface area contributed by atoms with Crippen molar-refractivity contribution >= 4 is 10.8 Å². The molecule has 0 saturated carbocycles. The number of rotatable bonds is 3. The van der Waals surface area contributed by atoms with Crippen LogP contribution in [0.25, 0.3) is 22.0 Å². The molecule has 0 saturated heterocycles. The Kier molecular flexibility index (Phi) is 5.40. The largest absolute Gasteiger partial charge is 0.255 e. The fourth-order valence-electron chi connectivity index (χ4n) is 4.12. The van der Waals surface area contributed by atoms with Gasteiger partial charge < -0.3 is 0 Å². The topological polar surface area (TPSA) is 12.9 Å². The number of hydrogen-bond acceptors (Lipinski definition) is 1. The summed E-state index contributed by atoms with van der Waals surface area (Å²) in [6, 6.07) is 13.7. The zero-order valence-corrected chi connectivity index (χ0v) is 18.9. The van der Waals surface area contributed by atoms with Crippen LogP contribution in [-0.4, -0.2) is 4.98 Å². The molecule has 0 bridgehead atoms. The summed E-state index contributed by atoms with van der Waals surface area (Å²) in [4.78, 5) is 4.95. The Labute approximate surface area is 171 Å². The molecule has 0 unspecified atom stereocenters. The van der Waals surface area contributed by atoms with E-state index in [0.29, 0.717) is 0 Å². The van der Waals surface area contributed by atoms with E-state index in [1.165, 1.54) is 38.6 Å². The lowest BCUT2D eigenvalue weighted by Gasteiger charge is -2.22. The SMILES string of the molecule is Cc1cc(C)cc(-c2ncc(CC(C)(C)C)c3cc(CC(C)(C)C)ccc23)c1. The van der Waals surface area contributed by atoms with E-state index in [-0.39, 0.29) is 10.8 Å². The van der Waals surface area contributed by atoms with Gasteiger partial charge in [-0.3, -0.25) is 4.98 Å². The predicted octanol–water partition coefficient (Wildman–Crippen LogP) is 7.70. The van der Waals surface area contributed by atoms with Gasteiger partial charge >= 0.3 is 0 Å². The number of nitrogens with zero attached hydrogens (tertiary/aromatic N) is 1. The molecule has 1 heteroatoms. The Balaban J connectivity index is 2.23. The maximum Gasteiger partial charge on any atom is 0.0780 e. The summed E-state index contributed by atoms with van der Waals surface area (Å²) in [5.41, 5.74) is 8.16. The molecule has 1 nitrogen and oxygen atoms in total. The second kappa shape index (κ2) is 7.35. The zero-order valence-electron chi connectivity index (χ0n) is 18.9. The van der Waals surface area contributed by atoms with E-state index >= 15 is 0 Å². The lowest BCUT2D eigenvalue weighted by atomic mass is 9.84. The molecule has 148 valence electrons. The van der Waals surface area contributed by atoms with Crippen LogP contribution in [-0.2, 0) is 12.8 Å². The summed E-state index contributed by atoms with van der Waals surface area (Å²) in [6.45, 7) is 18.1. The zero-order chi connectivity index (χ0) is 20.7. The molecular formula is C27H35N. The first kappa shape index (κ1) is 20.6. The van der Waals surface area contributed by atoms with Crippen LogP contribution in [0.4, 0.5) is 0 Å². The molecule has 0 aliphatic carbocycles. The summed E-state index contributed by atoms with van der Waals surface area (Å²) >= 11 is 0. The van der Waals surface area contributed by atoms with Crippen LogP contribution in [0.3, 0.4) is 0 Å². The summed E-state index contributed by atoms with van der Waals surface area (Å²) < 4.78 is 0. The molecule has 0 radical (unpaired) electrons. The van der Waals surface area contributed by atoms with Gasteiger partial charge in [0.2, 0.25) is 0 Å². The third-order valence-corrected chi connectivity index (χ3v) is 4.98. The molecule has 0 atom stereocenters. The molecule has 28 heavy (non-hydrogen) atoms. The number of benzene rings is 2. The highest BCUT2D eigenvalue weighted by Gasteiger charge is 2.18. The van der Waals surface area contributed by atoms with Crippen LogP contribution in [0.1, 0.15) is 63.8 Å². The van der Waals surface area contributed by atoms with Gasteiger partial charge in [-0.2, -0.15) is 0 Å². The normalized spacial score (nSPS) is 12.6. The standard InChI is InChI=1S/C27H35N/c1-18-11-19(2)13-21(12-18)25-23-10-9-20(15-26(3,4)5)14-24(23)22(17-28-25)16-27(6,7)8/h9-14,17H,15-16H2,1-8H3. The van der Waals surface area contributed by atoms with Gasteiger partial charge in [-0.05, 0) is 66.2 Å². The van der Waals surface area contributed by atoms with Gasteiger partial charge in [0.1, 0.15) is 0 Å². The minimum atomic E-state index is 0.232. The smallest absolute Gasteiger partial charge is 0.0780 e. The first-order valence-corrected chi connectivity index (χ1v) is 10.4. The van der Waals surface area contributed by atoms with E-state index in [9.17, 15) is 0 Å². The molecule has 0 N–H and O–H groups in total. The molecule has 3 aromatic rings. The second-order valence-electron chi connectivity index (χ2n) is 10.9. The van der Waals surface area contributed by atoms with Crippen molar-refractivity contribution in [3.05, 3.63) is 64.8 Å². The Bertz CT molecular complexity index is 977. The van der Waals surface area contributed by atoms with Crippen LogP contribution in [0.15, 0.2) is 42.6 Å². The number of hydrogen-bond donors (Lipinski definition) is 0. The van der Waals surface area contributed by atoms with E-state index in [4.69, 9.17) is 4.98 Å². The van der Waals surface area contributed by atoms with Gasteiger partial charge in [0.05, 0.1) is 5.69 Å². The van der Waals surface area contributed by atoms with E-state index in [0.717, 1.165) is 18.5 Å². The van der Waals surface area contributed by atoms with Crippen LogP contribution < -0.4 is 0 Å². The third-order valence-electron chi connectivity index (χ3n) is 4.98. The van der Waals surface area contributed by atoms with E-state index < -0.39 is 0 Å². The van der Waals surface area contributed by atoms with Gasteiger partial charge in [0.25, 0.3) is 0 Å². The van der Waals surface area contributed by atoms with Crippen molar-refractivity contribution in [2.75, 3.05) is 0 Å². The van der Waals surface area contributed by atoms with E-state index in [2.05, 4.69) is 98.0 Å². The van der Waals surface area contributed by atoms with Gasteiger partial charge in [-0.25, -0.2) is 0 Å². The quantitative estimate of drug-likeness (QED) is 0.458. The number of fused-ring (bicyclic) bond motifs is 1. The monoisotopic (exact) mass is 373 g/mol. The van der Waals surface area contributed by atoms with Crippen molar-refractivity contribution in [3.8, 4) is 11.3 Å². The van der Waals surface area contributed by atoms with Crippen LogP contribution in [0, 0.1) is 24.7 Å². The van der Waals surface area contributed by atoms with Crippen molar-refractivity contribution < 1.29 is 0 Å². The van der Waals surface area contributed by atoms with Crippen LogP contribution in [0.5, 0.6) is 0 Å². The van der Waals surface area contributed by atoms with E-state index in [1.54, 1.807) is 0 Å². The Morgan fingerprint density at radius 3 is 1.89 bits per heavy atom. The molecular weight excluding hydrogens is 338 g/mol. The van der Waals surface area contributed by atoms with Gasteiger partial charge in [-0.15, -0.1) is 0 Å². The Morgan fingerprint density at radius 1 is 0.714 bits per heavy atom. The minimum absolute atomic E-state index is 0.232. The van der Waals surface area contributed by atoms with Gasteiger partial charge in [0, 0.05) is 17.1 Å². The molecule has 2 aromatic carbocycles. The third kappa shape index (κ3) is 5.01. The maximum atomic E-state index is 4.95. The lowest BCUT2D eigenvalue weighted by molar-refractivity contribution is 0.410. The van der Waals surface area contributed by atoms with Crippen molar-refractivity contribution in [1.82, 2.24) is 4.98 Å². The molecule has 0 fully saturated rings. The number of aromatic nitrogens is 1. The first-order chi connectivity index (χ1) is 12.9. The van der Waals surface area contributed by atoms with Crippen molar-refractivity contribution in [2.45, 2.75) is 68.2 Å². The highest BCUT2D eigenvalue weighted by Crippen LogP contribution is 2.34. The maximum absolute atomic E-state index is 4.95. The molecule has 1 heterocycles. The number of pyridine rings is 1. The molecule has 3 rings (SSSR count). The Hall–Kier alpha value is -2.15. The molecule has 0 spiro atoms. The summed E-state index contributed by atoms with van der Waals surface area (Å²) in [5, 5.41) is 2.63. The van der Waals surface area contributed by atoms with Crippen molar-refractivity contribution in [1.29, 1.82) is 0 Å². The summed E-state index contributed by atoms with van der Waals surface area (Å²) in [5.74, 6) is 0. The first-order valence-electron chi connectivity index (χ1n) is 10.4. The second-order valence-corrected chi connectivity index (χ2v) is 10.9. The highest BCUT2D eigenvalue weighted by atomic mass is 14.7. The molecule has 1 aromatic heterocycles. The van der Waals surface area contributed by atoms with Crippen LogP contribution in [0.2, 0.25) is 0 Å². The average molecular weight is 374 g/mol. The van der Waals surface area contributed by atoms with E-state index in [1.807, 2.05) is 0 Å². The Morgan fingerprint density at radius 2 is 1.32 bits per heavy atom. The summed E-state index contributed by atoms with van der Waals surface area (Å²) in [7, 11) is 0. The lowest BCUT2D eigenvalue weighted by Crippen LogP contribution is -2.11. The van der Waals surface area contributed by atoms with Crippen LogP contribution >= 0.6 is 0 Å². The van der Waals surface area contributed by atoms with Crippen molar-refractivity contribution in [3.63, 3.8) is 0 Å². The van der Waals surface area contributed by atoms with Crippen molar-refractivity contribution in [2.24, 2.45) is 10.8 Å². The fourth-order valence-corrected chi connectivity index (χ4v) is 4.12. The van der Waals surface area contributed by atoms with Gasteiger partial charge in [-0.1, -0.05) is 76.9 Å². The predicted molar refractivity (Wildman–Crippen MR) is 123 cm³/mol. The van der Waals surface area contributed by atoms with Gasteiger partial charge in [0.15, 0.2) is 0 Å². The molecule has 0 amide bonds. The fraction of sp³-hybridized carbons (Fsp3) is 0.444. The molecule has 0 aliphatic rings. The average Bonchev–Trinajstić information content (AvgIpc) is 2.51. The summed E-state index contributed by atoms with van der Waals surface area (Å²) in [6.07, 6.45) is 4.23. The number of aryl methyl sites for hydroxylation is 2. The minimum Gasteiger partial charge on any atom is -0.255 e.